The van der Waals surface area contributed by atoms with Gasteiger partial charge in [-0.05, 0) is 40.9 Å². The number of carbonyl (C=O) groups excluding carboxylic acids is 1. The molecule has 1 atom stereocenters. The van der Waals surface area contributed by atoms with Gasteiger partial charge in [-0.15, -0.1) is 0 Å². The van der Waals surface area contributed by atoms with Crippen molar-refractivity contribution in [2.45, 2.75) is 18.9 Å². The minimum absolute atomic E-state index is 0.113. The topological polar surface area (TPSA) is 51.2 Å². The van der Waals surface area contributed by atoms with Crippen LogP contribution in [0.2, 0.25) is 0 Å². The van der Waals surface area contributed by atoms with Gasteiger partial charge < -0.3 is 10.1 Å². The lowest BCUT2D eigenvalue weighted by Crippen LogP contribution is -2.27. The van der Waals surface area contributed by atoms with E-state index in [0.717, 1.165) is 12.8 Å². The molecule has 4 nitrogen and oxygen atoms in total. The highest BCUT2D eigenvalue weighted by atomic mass is 79.9. The minimum Gasteiger partial charge on any atom is -0.368 e. The van der Waals surface area contributed by atoms with E-state index in [-0.39, 0.29) is 12.0 Å². The summed E-state index contributed by atoms with van der Waals surface area (Å²) in [5, 5.41) is 2.72. The maximum absolute atomic E-state index is 11.6. The van der Waals surface area contributed by atoms with Crippen LogP contribution < -0.4 is 5.32 Å². The van der Waals surface area contributed by atoms with Gasteiger partial charge in [0.25, 0.3) is 5.91 Å². The summed E-state index contributed by atoms with van der Waals surface area (Å²) >= 11 is 3.24. The van der Waals surface area contributed by atoms with Gasteiger partial charge in [0.1, 0.15) is 16.5 Å². The number of rotatable bonds is 2. The number of anilines is 1. The lowest BCUT2D eigenvalue weighted by molar-refractivity contribution is -0.124. The lowest BCUT2D eigenvalue weighted by atomic mass is 10.2. The molecule has 1 aliphatic rings. The van der Waals surface area contributed by atoms with Crippen molar-refractivity contribution in [1.29, 1.82) is 0 Å². The number of nitrogens with zero attached hydrogens (tertiary/aromatic N) is 1. The van der Waals surface area contributed by atoms with E-state index in [1.54, 1.807) is 6.07 Å². The first-order valence-corrected chi connectivity index (χ1v) is 5.60. The number of pyridine rings is 1. The maximum Gasteiger partial charge on any atom is 0.254 e. The van der Waals surface area contributed by atoms with Gasteiger partial charge in [0.2, 0.25) is 0 Å². The summed E-state index contributed by atoms with van der Waals surface area (Å²) < 4.78 is 5.97. The van der Waals surface area contributed by atoms with E-state index in [0.29, 0.717) is 17.0 Å². The number of carbonyl (C=O) groups is 1. The Morgan fingerprint density at radius 1 is 1.60 bits per heavy atom. The van der Waals surface area contributed by atoms with E-state index in [1.165, 1.54) is 0 Å². The number of nitrogens with one attached hydrogen (secondary N) is 1. The van der Waals surface area contributed by atoms with Crippen LogP contribution in [0.1, 0.15) is 12.8 Å². The van der Waals surface area contributed by atoms with Gasteiger partial charge in [0.05, 0.1) is 0 Å². The Morgan fingerprint density at radius 3 is 3.13 bits per heavy atom. The smallest absolute Gasteiger partial charge is 0.254 e. The SMILES string of the molecule is O=C(Nc1cccc(Br)n1)[C@H]1CCCO1. The fraction of sp³-hybridized carbons (Fsp3) is 0.400. The van der Waals surface area contributed by atoms with Gasteiger partial charge in [0.15, 0.2) is 0 Å². The van der Waals surface area contributed by atoms with Crippen molar-refractivity contribution in [3.63, 3.8) is 0 Å². The van der Waals surface area contributed by atoms with Crippen molar-refractivity contribution in [2.24, 2.45) is 0 Å². The highest BCUT2D eigenvalue weighted by Crippen LogP contribution is 2.15. The van der Waals surface area contributed by atoms with E-state index < -0.39 is 0 Å². The summed E-state index contributed by atoms with van der Waals surface area (Å²) in [6.07, 6.45) is 1.43. The minimum atomic E-state index is -0.314. The average molecular weight is 271 g/mol. The summed E-state index contributed by atoms with van der Waals surface area (Å²) in [5.74, 6) is 0.433. The fourth-order valence-electron chi connectivity index (χ4n) is 1.47. The third-order valence-electron chi connectivity index (χ3n) is 2.19. The number of hydrogen-bond donors (Lipinski definition) is 1. The molecule has 1 aromatic heterocycles. The zero-order chi connectivity index (χ0) is 10.7. The van der Waals surface area contributed by atoms with E-state index in [1.807, 2.05) is 12.1 Å². The monoisotopic (exact) mass is 270 g/mol. The normalized spacial score (nSPS) is 20.2. The molecule has 80 valence electrons. The molecule has 1 amide bonds. The molecule has 1 fully saturated rings. The summed E-state index contributed by atoms with van der Waals surface area (Å²) in [5.41, 5.74) is 0. The molecule has 1 aliphatic heterocycles. The molecular weight excluding hydrogens is 260 g/mol. The summed E-state index contributed by atoms with van der Waals surface area (Å²) in [6.45, 7) is 0.671. The van der Waals surface area contributed by atoms with Gasteiger partial charge in [-0.2, -0.15) is 0 Å². The Labute approximate surface area is 96.2 Å². The maximum atomic E-state index is 11.6. The van der Waals surface area contributed by atoms with Gasteiger partial charge in [0, 0.05) is 6.61 Å². The van der Waals surface area contributed by atoms with Gasteiger partial charge in [-0.1, -0.05) is 6.07 Å². The fourth-order valence-corrected chi connectivity index (χ4v) is 1.81. The summed E-state index contributed by atoms with van der Waals surface area (Å²) in [7, 11) is 0. The third kappa shape index (κ3) is 2.76. The highest BCUT2D eigenvalue weighted by molar-refractivity contribution is 9.10. The van der Waals surface area contributed by atoms with Crippen molar-refractivity contribution >= 4 is 27.7 Å². The van der Waals surface area contributed by atoms with Crippen molar-refractivity contribution < 1.29 is 9.53 Å². The lowest BCUT2D eigenvalue weighted by Gasteiger charge is -2.09. The van der Waals surface area contributed by atoms with Crippen LogP contribution in [-0.4, -0.2) is 23.6 Å². The second-order valence-corrected chi connectivity index (χ2v) is 4.15. The Kier molecular flexibility index (Phi) is 3.33. The van der Waals surface area contributed by atoms with Crippen LogP contribution in [-0.2, 0) is 9.53 Å². The van der Waals surface area contributed by atoms with Crippen molar-refractivity contribution in [3.05, 3.63) is 22.8 Å². The van der Waals surface area contributed by atoms with Crippen LogP contribution in [0.15, 0.2) is 22.8 Å². The Bertz CT molecular complexity index is 364. The van der Waals surface area contributed by atoms with E-state index in [2.05, 4.69) is 26.2 Å². The summed E-state index contributed by atoms with van der Waals surface area (Å²) in [4.78, 5) is 15.7. The Balaban J connectivity index is 1.99. The molecule has 15 heavy (non-hydrogen) atoms. The Hall–Kier alpha value is -0.940. The molecule has 2 rings (SSSR count). The molecule has 1 aromatic rings. The number of amides is 1. The molecule has 1 saturated heterocycles. The van der Waals surface area contributed by atoms with E-state index >= 15 is 0 Å². The molecular formula is C10H11BrN2O2. The Morgan fingerprint density at radius 2 is 2.47 bits per heavy atom. The molecule has 0 saturated carbocycles. The predicted octanol–water partition coefficient (Wildman–Crippen LogP) is 1.96. The van der Waals surface area contributed by atoms with Crippen molar-refractivity contribution in [3.8, 4) is 0 Å². The quantitative estimate of drug-likeness (QED) is 0.836. The standard InChI is InChI=1S/C10H11BrN2O2/c11-8-4-1-5-9(12-8)13-10(14)7-3-2-6-15-7/h1,4-5,7H,2-3,6H2,(H,12,13,14)/t7-/m1/s1. The molecule has 1 N–H and O–H groups in total. The van der Waals surface area contributed by atoms with Crippen LogP contribution in [0.4, 0.5) is 5.82 Å². The first kappa shape index (κ1) is 10.6. The molecule has 0 spiro atoms. The van der Waals surface area contributed by atoms with E-state index in [4.69, 9.17) is 4.74 Å². The first-order valence-electron chi connectivity index (χ1n) is 4.81. The molecule has 5 heteroatoms. The van der Waals surface area contributed by atoms with Crippen LogP contribution >= 0.6 is 15.9 Å². The molecule has 0 aromatic carbocycles. The van der Waals surface area contributed by atoms with Crippen LogP contribution in [0, 0.1) is 0 Å². The van der Waals surface area contributed by atoms with Gasteiger partial charge in [-0.3, -0.25) is 4.79 Å². The third-order valence-corrected chi connectivity index (χ3v) is 2.63. The van der Waals surface area contributed by atoms with Crippen LogP contribution in [0.3, 0.4) is 0 Å². The average Bonchev–Trinajstić information content (AvgIpc) is 2.70. The molecule has 0 bridgehead atoms. The number of aromatic nitrogens is 1. The number of hydrogen-bond acceptors (Lipinski definition) is 3. The van der Waals surface area contributed by atoms with Crippen LogP contribution in [0.25, 0.3) is 0 Å². The van der Waals surface area contributed by atoms with Gasteiger partial charge in [-0.25, -0.2) is 4.98 Å². The highest BCUT2D eigenvalue weighted by Gasteiger charge is 2.23. The second kappa shape index (κ2) is 4.72. The van der Waals surface area contributed by atoms with Crippen molar-refractivity contribution in [2.75, 3.05) is 11.9 Å². The molecule has 0 unspecified atom stereocenters. The largest absolute Gasteiger partial charge is 0.368 e. The molecule has 0 radical (unpaired) electrons. The second-order valence-electron chi connectivity index (χ2n) is 3.34. The van der Waals surface area contributed by atoms with E-state index in [9.17, 15) is 4.79 Å². The first-order chi connectivity index (χ1) is 7.25. The van der Waals surface area contributed by atoms with Crippen LogP contribution in [0.5, 0.6) is 0 Å². The van der Waals surface area contributed by atoms with Gasteiger partial charge >= 0.3 is 0 Å². The van der Waals surface area contributed by atoms with Crippen molar-refractivity contribution in [1.82, 2.24) is 4.98 Å². The molecule has 2 heterocycles. The predicted molar refractivity (Wildman–Crippen MR) is 59.5 cm³/mol. The summed E-state index contributed by atoms with van der Waals surface area (Å²) in [6, 6.07) is 5.38. The number of ether oxygens (including phenoxy) is 1. The zero-order valence-electron chi connectivity index (χ0n) is 8.07. The number of halogens is 1. The zero-order valence-corrected chi connectivity index (χ0v) is 9.66. The molecule has 0 aliphatic carbocycles.